The summed E-state index contributed by atoms with van der Waals surface area (Å²) in [6.07, 6.45) is 0. The lowest BCUT2D eigenvalue weighted by molar-refractivity contribution is 0.486. The number of furan rings is 1. The van der Waals surface area contributed by atoms with Gasteiger partial charge < -0.3 is 19.0 Å². The Morgan fingerprint density at radius 1 is 0.435 bits per heavy atom. The van der Waals surface area contributed by atoms with Crippen molar-refractivity contribution in [2.24, 2.45) is 0 Å². The second-order valence-electron chi connectivity index (χ2n) is 17.5. The molecule has 2 aromatic heterocycles. The predicted octanol–water partition coefficient (Wildman–Crippen LogP) is 15.5. The quantitative estimate of drug-likeness (QED) is 0.149. The molecule has 0 saturated carbocycles. The molecule has 0 aliphatic carbocycles. The van der Waals surface area contributed by atoms with Crippen molar-refractivity contribution in [1.29, 1.82) is 5.26 Å². The van der Waals surface area contributed by atoms with Crippen molar-refractivity contribution in [3.8, 4) is 28.7 Å². The molecule has 0 fully saturated rings. The van der Waals surface area contributed by atoms with Crippen molar-refractivity contribution in [2.75, 3.05) is 9.80 Å². The summed E-state index contributed by atoms with van der Waals surface area (Å²) in [5, 5.41) is 14.4. The average Bonchev–Trinajstić information content (AvgIpc) is 3.97. The van der Waals surface area contributed by atoms with E-state index in [-0.39, 0.29) is 6.71 Å². The third kappa shape index (κ3) is 6.47. The molecule has 0 saturated heterocycles. The molecule has 0 atom stereocenters. The molecule has 5 nitrogen and oxygen atoms in total. The summed E-state index contributed by atoms with van der Waals surface area (Å²) in [4.78, 5) is 6.88. The fraction of sp³-hybridized carbons (Fsp3) is 0. The van der Waals surface area contributed by atoms with E-state index in [1.807, 2.05) is 41.7 Å². The van der Waals surface area contributed by atoms with Crippen LogP contribution in [0.25, 0.3) is 53.2 Å². The molecule has 0 amide bonds. The molecule has 0 N–H and O–H groups in total. The number of para-hydroxylation sites is 3. The van der Waals surface area contributed by atoms with Gasteiger partial charge in [0.05, 0.1) is 11.6 Å². The molecule has 12 aromatic rings. The third-order valence-electron chi connectivity index (χ3n) is 13.6. The van der Waals surface area contributed by atoms with E-state index < -0.39 is 0 Å². The summed E-state index contributed by atoms with van der Waals surface area (Å²) in [5.41, 5.74) is 14.2. The molecule has 322 valence electrons. The van der Waals surface area contributed by atoms with Gasteiger partial charge >= 0.3 is 0 Å². The highest BCUT2D eigenvalue weighted by molar-refractivity contribution is 8.00. The first-order valence-electron chi connectivity index (χ1n) is 23.0. The standard InChI is InChI=1S/C61H36BN3O2S2/c63-37-38-20-23-44(24-21-38)65(43-16-8-3-9-17-43)46-26-29-50-57(36-46)69-58-34-40(39-22-27-47-52(32-39)66-51-30-31-56-60(59(47)51)48-18-10-11-19-55(48)68-56)33-54-61(58)62(50)49-28-25-45(35-53(49)67-54)64(41-12-4-1-5-13-41)42-14-6-2-7-15-42/h1-36H. The van der Waals surface area contributed by atoms with E-state index >= 15 is 0 Å². The fourth-order valence-corrected chi connectivity index (χ4v) is 12.8. The van der Waals surface area contributed by atoms with Gasteiger partial charge in [0.2, 0.25) is 0 Å². The molecule has 14 rings (SSSR count). The number of rotatable bonds is 7. The van der Waals surface area contributed by atoms with Crippen molar-refractivity contribution in [2.45, 2.75) is 9.79 Å². The van der Waals surface area contributed by atoms with Gasteiger partial charge in [-0.3, -0.25) is 0 Å². The smallest absolute Gasteiger partial charge is 0.253 e. The lowest BCUT2D eigenvalue weighted by atomic mass is 9.35. The predicted molar refractivity (Wildman–Crippen MR) is 288 cm³/mol. The van der Waals surface area contributed by atoms with Crippen molar-refractivity contribution in [3.05, 3.63) is 224 Å². The van der Waals surface area contributed by atoms with Crippen molar-refractivity contribution >= 4 is 122 Å². The summed E-state index contributed by atoms with van der Waals surface area (Å²) in [7, 11) is 0. The molecular weight excluding hydrogens is 882 g/mol. The number of hydrogen-bond donors (Lipinski definition) is 0. The van der Waals surface area contributed by atoms with E-state index in [0.29, 0.717) is 5.56 Å². The van der Waals surface area contributed by atoms with Crippen LogP contribution in [0.4, 0.5) is 34.1 Å². The molecule has 0 spiro atoms. The Morgan fingerprint density at radius 3 is 1.78 bits per heavy atom. The van der Waals surface area contributed by atoms with Gasteiger partial charge in [0.1, 0.15) is 22.7 Å². The maximum absolute atomic E-state index is 9.65. The highest BCUT2D eigenvalue weighted by Gasteiger charge is 2.40. The van der Waals surface area contributed by atoms with Crippen molar-refractivity contribution in [1.82, 2.24) is 0 Å². The number of nitriles is 1. The second kappa shape index (κ2) is 15.8. The molecule has 8 heteroatoms. The fourth-order valence-electron chi connectivity index (χ4n) is 10.5. The summed E-state index contributed by atoms with van der Waals surface area (Å²) < 4.78 is 16.4. The van der Waals surface area contributed by atoms with Crippen LogP contribution in [0.5, 0.6) is 11.5 Å². The zero-order chi connectivity index (χ0) is 45.6. The lowest BCUT2D eigenvalue weighted by Crippen LogP contribution is -2.57. The van der Waals surface area contributed by atoms with E-state index in [2.05, 4.69) is 204 Å². The first-order chi connectivity index (χ1) is 34.1. The van der Waals surface area contributed by atoms with E-state index in [0.717, 1.165) is 83.7 Å². The van der Waals surface area contributed by atoms with Crippen LogP contribution in [0.15, 0.2) is 233 Å². The molecule has 69 heavy (non-hydrogen) atoms. The van der Waals surface area contributed by atoms with E-state index in [1.54, 1.807) is 11.8 Å². The van der Waals surface area contributed by atoms with Crippen LogP contribution in [-0.4, -0.2) is 6.71 Å². The number of hydrogen-bond acceptors (Lipinski definition) is 7. The van der Waals surface area contributed by atoms with Crippen molar-refractivity contribution in [3.63, 3.8) is 0 Å². The topological polar surface area (TPSA) is 52.6 Å². The van der Waals surface area contributed by atoms with Crippen LogP contribution in [0, 0.1) is 11.3 Å². The Balaban J connectivity index is 0.942. The lowest BCUT2D eigenvalue weighted by Gasteiger charge is -2.35. The Kier molecular flexibility index (Phi) is 9.10. The monoisotopic (exact) mass is 917 g/mol. The van der Waals surface area contributed by atoms with Crippen LogP contribution >= 0.6 is 23.1 Å². The zero-order valence-electron chi connectivity index (χ0n) is 36.8. The van der Waals surface area contributed by atoms with Crippen LogP contribution in [0.2, 0.25) is 0 Å². The maximum atomic E-state index is 9.65. The molecule has 0 bridgehead atoms. The molecule has 10 aromatic carbocycles. The average molecular weight is 918 g/mol. The van der Waals surface area contributed by atoms with Gasteiger partial charge in [-0.05, 0) is 143 Å². The first kappa shape index (κ1) is 39.7. The largest absolute Gasteiger partial charge is 0.458 e. The van der Waals surface area contributed by atoms with Crippen LogP contribution in [0.3, 0.4) is 0 Å². The Hall–Kier alpha value is -8.48. The summed E-state index contributed by atoms with van der Waals surface area (Å²) in [6.45, 7) is -0.0742. The van der Waals surface area contributed by atoms with Crippen molar-refractivity contribution < 1.29 is 9.15 Å². The minimum atomic E-state index is -0.0742. The Bertz CT molecular complexity index is 4010. The van der Waals surface area contributed by atoms with Crippen LogP contribution in [0.1, 0.15) is 5.56 Å². The Morgan fingerprint density at radius 2 is 1.07 bits per heavy atom. The SMILES string of the molecule is N#Cc1ccc(N(c2ccccc2)c2ccc3c(c2)Sc2cc(-c4ccc5c(c4)oc4ccc6sc7ccccc7c6c45)cc4c2B3c2ccc(N(c3ccccc3)c3ccccc3)cc2O4)cc1. The summed E-state index contributed by atoms with van der Waals surface area (Å²) in [6, 6.07) is 79.3. The number of nitrogens with zero attached hydrogens (tertiary/aromatic N) is 3. The third-order valence-corrected chi connectivity index (χ3v) is 15.8. The minimum absolute atomic E-state index is 0.0742. The molecule has 0 unspecified atom stereocenters. The molecule has 2 aliphatic heterocycles. The van der Waals surface area contributed by atoms with Gasteiger partial charge in [-0.15, -0.1) is 11.3 Å². The van der Waals surface area contributed by atoms with Gasteiger partial charge in [0.25, 0.3) is 6.71 Å². The number of benzene rings is 10. The first-order valence-corrected chi connectivity index (χ1v) is 24.6. The Labute approximate surface area is 406 Å². The van der Waals surface area contributed by atoms with Crippen LogP contribution in [-0.2, 0) is 0 Å². The van der Waals surface area contributed by atoms with Gasteiger partial charge in [-0.2, -0.15) is 5.26 Å². The van der Waals surface area contributed by atoms with Gasteiger partial charge in [0, 0.05) is 80.9 Å². The normalized spacial score (nSPS) is 12.4. The maximum Gasteiger partial charge on any atom is 0.253 e. The summed E-state index contributed by atoms with van der Waals surface area (Å²) in [5.74, 6) is 1.68. The number of anilines is 6. The number of fused-ring (bicyclic) bond motifs is 11. The molecule has 2 aliphatic rings. The minimum Gasteiger partial charge on any atom is -0.458 e. The van der Waals surface area contributed by atoms with E-state index in [4.69, 9.17) is 9.15 Å². The number of thiophene rings is 1. The number of ether oxygens (including phenoxy) is 1. The van der Waals surface area contributed by atoms with E-state index in [9.17, 15) is 5.26 Å². The zero-order valence-corrected chi connectivity index (χ0v) is 38.5. The van der Waals surface area contributed by atoms with Crippen LogP contribution < -0.4 is 30.9 Å². The molecule has 0 radical (unpaired) electrons. The summed E-state index contributed by atoms with van der Waals surface area (Å²) >= 11 is 3.62. The highest BCUT2D eigenvalue weighted by Crippen LogP contribution is 2.47. The highest BCUT2D eigenvalue weighted by atomic mass is 32.2. The van der Waals surface area contributed by atoms with Gasteiger partial charge in [0.15, 0.2) is 0 Å². The van der Waals surface area contributed by atoms with E-state index in [1.165, 1.54) is 41.4 Å². The second-order valence-corrected chi connectivity index (χ2v) is 19.7. The molecular formula is C61H36BN3O2S2. The van der Waals surface area contributed by atoms with Gasteiger partial charge in [-0.1, -0.05) is 108 Å². The molecule has 4 heterocycles. The van der Waals surface area contributed by atoms with Gasteiger partial charge in [-0.25, -0.2) is 0 Å².